The number of pyridine rings is 1. The zero-order chi connectivity index (χ0) is 26.9. The highest BCUT2D eigenvalue weighted by Gasteiger charge is 2.34. The van der Waals surface area contributed by atoms with E-state index < -0.39 is 11.8 Å². The number of amides is 4. The number of methoxy groups -OCH3 is 2. The van der Waals surface area contributed by atoms with E-state index in [1.165, 1.54) is 41.1 Å². The molecule has 5 rings (SSSR count). The lowest BCUT2D eigenvalue weighted by Gasteiger charge is -2.35. The van der Waals surface area contributed by atoms with Gasteiger partial charge in [-0.15, -0.1) is 0 Å². The van der Waals surface area contributed by atoms with Gasteiger partial charge in [0.2, 0.25) is 6.41 Å². The van der Waals surface area contributed by atoms with Gasteiger partial charge in [-0.3, -0.25) is 19.4 Å². The average Bonchev–Trinajstić information content (AvgIpc) is 3.60. The molecule has 196 valence electrons. The fourth-order valence-corrected chi connectivity index (χ4v) is 3.95. The number of aromatic nitrogens is 2. The lowest BCUT2D eigenvalue weighted by Crippen LogP contribution is -2.45. The van der Waals surface area contributed by atoms with E-state index in [1.807, 2.05) is 0 Å². The van der Waals surface area contributed by atoms with Crippen molar-refractivity contribution in [2.24, 2.45) is 0 Å². The van der Waals surface area contributed by atoms with E-state index in [2.05, 4.69) is 15.3 Å². The van der Waals surface area contributed by atoms with Gasteiger partial charge in [-0.1, -0.05) is 0 Å². The Kier molecular flexibility index (Phi) is 7.18. The van der Waals surface area contributed by atoms with Crippen LogP contribution in [0.3, 0.4) is 0 Å². The van der Waals surface area contributed by atoms with Crippen molar-refractivity contribution >= 4 is 40.8 Å². The Hall–Kier alpha value is -4.35. The summed E-state index contributed by atoms with van der Waals surface area (Å²) < 4.78 is 25.4. The Morgan fingerprint density at radius 3 is 2.54 bits per heavy atom. The lowest BCUT2D eigenvalue weighted by molar-refractivity contribution is -0.115. The fraction of sp³-hybridized carbons (Fsp3) is 0.360. The van der Waals surface area contributed by atoms with Crippen LogP contribution in [0, 0.1) is 5.82 Å². The second-order valence-electron chi connectivity index (χ2n) is 8.98. The average molecular weight is 513 g/mol. The standard InChI is InChI=1S/C22H22FN5O4.C3H7NO/c1-27-19-11(9-24-20-14(19)8-15(26-20)21(29)25-12-4-5-12)10-28(22(27)30)16-6-13(31-2)7-17(32-3)18(16)23;1-4(2)3-5/h6-9,12H,4-5,10H2,1-3H3,(H,24,26)(H,25,29);3H,1-2H3. The highest BCUT2D eigenvalue weighted by atomic mass is 19.1. The predicted molar refractivity (Wildman–Crippen MR) is 136 cm³/mol. The van der Waals surface area contributed by atoms with Crippen molar-refractivity contribution in [3.8, 4) is 11.5 Å². The van der Waals surface area contributed by atoms with Crippen molar-refractivity contribution in [1.29, 1.82) is 0 Å². The number of nitrogens with one attached hydrogen (secondary N) is 2. The largest absolute Gasteiger partial charge is 0.497 e. The number of hydrogen-bond donors (Lipinski definition) is 2. The van der Waals surface area contributed by atoms with Crippen molar-refractivity contribution < 1.29 is 28.2 Å². The van der Waals surface area contributed by atoms with Gasteiger partial charge in [0.1, 0.15) is 17.1 Å². The number of halogens is 1. The Balaban J connectivity index is 0.000000586. The number of carbonyl (C=O) groups is 3. The first-order chi connectivity index (χ1) is 17.7. The van der Waals surface area contributed by atoms with Crippen molar-refractivity contribution in [3.63, 3.8) is 0 Å². The zero-order valence-electron chi connectivity index (χ0n) is 21.3. The second-order valence-corrected chi connectivity index (χ2v) is 8.98. The molecule has 2 aromatic heterocycles. The first kappa shape index (κ1) is 25.7. The monoisotopic (exact) mass is 512 g/mol. The van der Waals surface area contributed by atoms with Crippen LogP contribution in [-0.4, -0.2) is 74.6 Å². The number of rotatable bonds is 6. The number of benzene rings is 1. The van der Waals surface area contributed by atoms with Gasteiger partial charge in [0.15, 0.2) is 11.6 Å². The number of nitrogens with zero attached hydrogens (tertiary/aromatic N) is 4. The Morgan fingerprint density at radius 1 is 1.24 bits per heavy atom. The van der Waals surface area contributed by atoms with Crippen LogP contribution in [0.25, 0.3) is 11.0 Å². The summed E-state index contributed by atoms with van der Waals surface area (Å²) in [7, 11) is 7.79. The molecule has 2 aliphatic rings. The molecule has 0 spiro atoms. The molecule has 37 heavy (non-hydrogen) atoms. The molecule has 3 aromatic rings. The smallest absolute Gasteiger partial charge is 0.329 e. The molecule has 2 N–H and O–H groups in total. The molecule has 1 aliphatic carbocycles. The SMILES string of the molecule is CN(C)C=O.COc1cc(OC)c(F)c(N2Cc3cnc4[nH]c(C(=O)NC5CC5)cc4c3N(C)C2=O)c1. The molecule has 12 heteroatoms. The summed E-state index contributed by atoms with van der Waals surface area (Å²) >= 11 is 0. The molecular formula is C25H29FN6O5. The van der Waals surface area contributed by atoms with Crippen molar-refractivity contribution in [2.45, 2.75) is 25.4 Å². The van der Waals surface area contributed by atoms with Gasteiger partial charge in [-0.05, 0) is 18.9 Å². The Bertz CT molecular complexity index is 1350. The van der Waals surface area contributed by atoms with Crippen LogP contribution in [-0.2, 0) is 11.3 Å². The molecule has 4 amide bonds. The van der Waals surface area contributed by atoms with Gasteiger partial charge in [0, 0.05) is 56.5 Å². The van der Waals surface area contributed by atoms with Crippen LogP contribution in [0.1, 0.15) is 28.9 Å². The molecule has 0 saturated heterocycles. The highest BCUT2D eigenvalue weighted by molar-refractivity contribution is 6.12. The van der Waals surface area contributed by atoms with E-state index in [0.717, 1.165) is 19.3 Å². The summed E-state index contributed by atoms with van der Waals surface area (Å²) in [4.78, 5) is 46.8. The minimum absolute atomic E-state index is 0.0221. The van der Waals surface area contributed by atoms with Crippen LogP contribution in [0.5, 0.6) is 11.5 Å². The minimum atomic E-state index is -0.659. The zero-order valence-corrected chi connectivity index (χ0v) is 21.3. The third-order valence-electron chi connectivity index (χ3n) is 6.00. The van der Waals surface area contributed by atoms with Crippen molar-refractivity contribution in [3.05, 3.63) is 41.5 Å². The molecule has 1 fully saturated rings. The number of ether oxygens (including phenoxy) is 2. The van der Waals surface area contributed by atoms with Crippen LogP contribution >= 0.6 is 0 Å². The first-order valence-electron chi connectivity index (χ1n) is 11.6. The summed E-state index contributed by atoms with van der Waals surface area (Å²) in [5.74, 6) is -0.513. The van der Waals surface area contributed by atoms with E-state index in [1.54, 1.807) is 33.4 Å². The minimum Gasteiger partial charge on any atom is -0.497 e. The molecule has 0 bridgehead atoms. The summed E-state index contributed by atoms with van der Waals surface area (Å²) in [6.45, 7) is 0.101. The van der Waals surface area contributed by atoms with Gasteiger partial charge in [0.05, 0.1) is 32.1 Å². The van der Waals surface area contributed by atoms with E-state index >= 15 is 4.39 Å². The third kappa shape index (κ3) is 5.13. The topological polar surface area (TPSA) is 120 Å². The summed E-state index contributed by atoms with van der Waals surface area (Å²) in [6, 6.07) is 4.38. The van der Waals surface area contributed by atoms with Crippen LogP contribution in [0.4, 0.5) is 20.6 Å². The Morgan fingerprint density at radius 2 is 1.95 bits per heavy atom. The number of anilines is 2. The van der Waals surface area contributed by atoms with Crippen molar-refractivity contribution in [1.82, 2.24) is 20.2 Å². The number of fused-ring (bicyclic) bond motifs is 3. The number of carbonyl (C=O) groups excluding carboxylic acids is 3. The quantitative estimate of drug-likeness (QED) is 0.490. The second kappa shape index (κ2) is 10.3. The number of H-pyrrole nitrogens is 1. The maximum Gasteiger partial charge on any atom is 0.329 e. The van der Waals surface area contributed by atoms with Crippen LogP contribution < -0.4 is 24.6 Å². The van der Waals surface area contributed by atoms with Gasteiger partial charge in [0.25, 0.3) is 5.91 Å². The molecule has 3 heterocycles. The molecule has 1 saturated carbocycles. The van der Waals surface area contributed by atoms with Crippen molar-refractivity contribution in [2.75, 3.05) is 45.2 Å². The maximum atomic E-state index is 15.0. The normalized spacial score (nSPS) is 14.5. The Labute approximate surface area is 213 Å². The number of hydrogen-bond acceptors (Lipinski definition) is 6. The third-order valence-corrected chi connectivity index (χ3v) is 6.00. The highest BCUT2D eigenvalue weighted by Crippen LogP contribution is 2.40. The van der Waals surface area contributed by atoms with E-state index in [4.69, 9.17) is 9.47 Å². The van der Waals surface area contributed by atoms with Gasteiger partial charge in [-0.2, -0.15) is 0 Å². The molecule has 0 atom stereocenters. The molecule has 1 aliphatic heterocycles. The molecule has 0 unspecified atom stereocenters. The van der Waals surface area contributed by atoms with Gasteiger partial charge in [-0.25, -0.2) is 14.2 Å². The van der Waals surface area contributed by atoms with E-state index in [9.17, 15) is 14.4 Å². The fourth-order valence-electron chi connectivity index (χ4n) is 3.95. The first-order valence-corrected chi connectivity index (χ1v) is 11.6. The maximum absolute atomic E-state index is 15.0. The molecular weight excluding hydrogens is 483 g/mol. The van der Waals surface area contributed by atoms with Crippen LogP contribution in [0.2, 0.25) is 0 Å². The molecule has 1 aromatic carbocycles. The van der Waals surface area contributed by atoms with E-state index in [-0.39, 0.29) is 29.9 Å². The number of urea groups is 1. The summed E-state index contributed by atoms with van der Waals surface area (Å²) in [6.07, 6.45) is 4.35. The van der Waals surface area contributed by atoms with E-state index in [0.29, 0.717) is 33.7 Å². The van der Waals surface area contributed by atoms with Gasteiger partial charge < -0.3 is 24.7 Å². The van der Waals surface area contributed by atoms with Crippen LogP contribution in [0.15, 0.2) is 24.4 Å². The molecule has 0 radical (unpaired) electrons. The summed E-state index contributed by atoms with van der Waals surface area (Å²) in [5, 5.41) is 3.59. The molecule has 11 nitrogen and oxygen atoms in total. The number of aromatic amines is 1. The lowest BCUT2D eigenvalue weighted by atomic mass is 10.1. The summed E-state index contributed by atoms with van der Waals surface area (Å²) in [5.41, 5.74) is 2.29. The predicted octanol–water partition coefficient (Wildman–Crippen LogP) is 2.89. The van der Waals surface area contributed by atoms with Gasteiger partial charge >= 0.3 is 6.03 Å².